The number of ether oxygens (including phenoxy) is 1. The summed E-state index contributed by atoms with van der Waals surface area (Å²) in [6, 6.07) is 2.80. The zero-order valence-corrected chi connectivity index (χ0v) is 20.6. The number of rotatable bonds is 3. The smallest absolute Gasteiger partial charge is 0.343 e. The lowest BCUT2D eigenvalue weighted by molar-refractivity contribution is -0.173. The fourth-order valence-electron chi connectivity index (χ4n) is 6.54. The van der Waals surface area contributed by atoms with E-state index in [1.807, 2.05) is 0 Å². The van der Waals surface area contributed by atoms with Gasteiger partial charge in [-0.2, -0.15) is 0 Å². The van der Waals surface area contributed by atoms with Gasteiger partial charge in [0.1, 0.15) is 12.4 Å². The number of fused-ring (bicyclic) bond motifs is 5. The minimum Gasteiger partial charge on any atom is -0.458 e. The summed E-state index contributed by atoms with van der Waals surface area (Å²) < 4.78 is 21.8. The van der Waals surface area contributed by atoms with Gasteiger partial charge < -0.3 is 19.7 Å². The zero-order valence-electron chi connectivity index (χ0n) is 20.6. The highest BCUT2D eigenvalue weighted by atomic mass is 19.1. The highest BCUT2D eigenvalue weighted by molar-refractivity contribution is 5.93. The number of benzene rings is 1. The van der Waals surface area contributed by atoms with Crippen LogP contribution in [0.15, 0.2) is 16.9 Å². The molecule has 7 rings (SSSR count). The van der Waals surface area contributed by atoms with Gasteiger partial charge in [-0.05, 0) is 54.9 Å². The Balaban J connectivity index is 1.51. The molecule has 4 heterocycles. The molecule has 4 aliphatic rings. The monoisotopic (exact) mass is 503 g/mol. The third kappa shape index (κ3) is 3.09. The van der Waals surface area contributed by atoms with E-state index in [1.165, 1.54) is 13.0 Å². The average Bonchev–Trinajstić information content (AvgIpc) is 3.58. The predicted molar refractivity (Wildman–Crippen MR) is 131 cm³/mol. The van der Waals surface area contributed by atoms with Crippen molar-refractivity contribution in [2.45, 2.75) is 70.7 Å². The van der Waals surface area contributed by atoms with Crippen molar-refractivity contribution in [1.29, 1.82) is 0 Å². The van der Waals surface area contributed by atoms with Crippen LogP contribution in [-0.4, -0.2) is 26.5 Å². The molecule has 1 aromatic carbocycles. The van der Waals surface area contributed by atoms with Crippen molar-refractivity contribution in [1.82, 2.24) is 14.9 Å². The molecule has 2 N–H and O–H groups in total. The van der Waals surface area contributed by atoms with Crippen LogP contribution < -0.4 is 10.9 Å². The van der Waals surface area contributed by atoms with Crippen LogP contribution in [0.25, 0.3) is 22.3 Å². The summed E-state index contributed by atoms with van der Waals surface area (Å²) in [5.74, 6) is -1.04. The summed E-state index contributed by atoms with van der Waals surface area (Å²) in [6.07, 6.45) is 3.27. The molecular formula is C28H26FN3O5. The number of esters is 1. The van der Waals surface area contributed by atoms with Crippen LogP contribution in [0.4, 0.5) is 4.39 Å². The van der Waals surface area contributed by atoms with Crippen molar-refractivity contribution in [2.24, 2.45) is 5.92 Å². The van der Waals surface area contributed by atoms with Crippen molar-refractivity contribution in [3.8, 4) is 11.4 Å². The number of nitrogens with zero attached hydrogens (tertiary/aromatic N) is 2. The van der Waals surface area contributed by atoms with E-state index in [-0.39, 0.29) is 59.9 Å². The second kappa shape index (κ2) is 7.47. The number of nitrogens with one attached hydrogen (secondary N) is 1. The van der Waals surface area contributed by atoms with Crippen molar-refractivity contribution in [3.05, 3.63) is 61.7 Å². The first-order chi connectivity index (χ1) is 17.7. The van der Waals surface area contributed by atoms with Gasteiger partial charge in [0.05, 0.1) is 35.1 Å². The van der Waals surface area contributed by atoms with E-state index < -0.39 is 11.6 Å². The third-order valence-electron chi connectivity index (χ3n) is 8.52. The number of aliphatic hydroxyl groups is 1. The van der Waals surface area contributed by atoms with Crippen LogP contribution >= 0.6 is 0 Å². The number of hydrogen-bond acceptors (Lipinski definition) is 6. The molecule has 0 radical (unpaired) electrons. The fourth-order valence-corrected chi connectivity index (χ4v) is 6.54. The summed E-state index contributed by atoms with van der Waals surface area (Å²) in [4.78, 5) is 43.4. The normalized spacial score (nSPS) is 23.4. The number of cyclic esters (lactones) is 1. The molecule has 37 heavy (non-hydrogen) atoms. The maximum atomic E-state index is 14.9. The van der Waals surface area contributed by atoms with Crippen LogP contribution in [0.1, 0.15) is 72.0 Å². The van der Waals surface area contributed by atoms with Crippen LogP contribution in [-0.2, 0) is 39.5 Å². The van der Waals surface area contributed by atoms with Crippen molar-refractivity contribution in [2.75, 3.05) is 0 Å². The van der Waals surface area contributed by atoms with E-state index in [2.05, 4.69) is 5.32 Å². The quantitative estimate of drug-likeness (QED) is 0.416. The highest BCUT2D eigenvalue weighted by Crippen LogP contribution is 2.47. The Morgan fingerprint density at radius 2 is 2.03 bits per heavy atom. The molecule has 2 unspecified atom stereocenters. The molecule has 2 atom stereocenters. The van der Waals surface area contributed by atoms with Gasteiger partial charge in [-0.1, -0.05) is 12.8 Å². The van der Waals surface area contributed by atoms with Gasteiger partial charge in [0.25, 0.3) is 5.56 Å². The highest BCUT2D eigenvalue weighted by Gasteiger charge is 2.49. The number of carbonyl (C=O) groups excluding carboxylic acids is 2. The van der Waals surface area contributed by atoms with Crippen LogP contribution in [0, 0.1) is 18.7 Å². The number of carbonyl (C=O) groups is 2. The fraction of sp³-hybridized carbons (Fsp3) is 0.429. The first-order valence-electron chi connectivity index (χ1n) is 12.8. The van der Waals surface area contributed by atoms with Crippen molar-refractivity contribution in [3.63, 3.8) is 0 Å². The molecule has 1 saturated carbocycles. The Morgan fingerprint density at radius 3 is 2.76 bits per heavy atom. The second-order valence-corrected chi connectivity index (χ2v) is 10.9. The molecule has 8 nitrogen and oxygen atoms in total. The third-order valence-corrected chi connectivity index (χ3v) is 8.52. The molecule has 0 saturated heterocycles. The standard InChI is InChI=1S/C28H26FN3O5/c1-12-15-5-6-20(30-13(2)33)24-16-10-32-22(25(16)31-21(23(15)24)8-19(12)29)7-18-17(26(32)34)11-37-27(35)28(18,36)9-14-3-4-14/h7-8,14,20,36H,3-6,9-11H2,1-2H3,(H,30,33). The minimum absolute atomic E-state index is 0.171. The number of amides is 1. The molecule has 3 aromatic rings. The van der Waals surface area contributed by atoms with Gasteiger partial charge in [-0.3, -0.25) is 9.59 Å². The van der Waals surface area contributed by atoms with Gasteiger partial charge in [0.2, 0.25) is 5.91 Å². The summed E-state index contributed by atoms with van der Waals surface area (Å²) in [6.45, 7) is 3.26. The van der Waals surface area contributed by atoms with Gasteiger partial charge in [0.15, 0.2) is 5.60 Å². The SMILES string of the molecule is CC(=O)NC1CCc2c(C)c(F)cc3nc4c(c1c23)Cn1c-4cc2c(c1=O)COC(=O)C2(O)CC1CC1. The Bertz CT molecular complexity index is 1640. The number of aryl methyl sites for hydroxylation is 1. The van der Waals surface area contributed by atoms with E-state index in [0.717, 1.165) is 34.9 Å². The molecule has 1 fully saturated rings. The average molecular weight is 504 g/mol. The number of pyridine rings is 2. The van der Waals surface area contributed by atoms with Crippen LogP contribution in [0.2, 0.25) is 0 Å². The Hall–Kier alpha value is -3.59. The maximum Gasteiger partial charge on any atom is 0.343 e. The molecule has 190 valence electrons. The molecule has 0 spiro atoms. The molecule has 2 aliphatic heterocycles. The summed E-state index contributed by atoms with van der Waals surface area (Å²) in [5.41, 5.74) is 2.91. The minimum atomic E-state index is -1.88. The van der Waals surface area contributed by atoms with E-state index in [0.29, 0.717) is 35.3 Å². The van der Waals surface area contributed by atoms with Crippen LogP contribution in [0.3, 0.4) is 0 Å². The summed E-state index contributed by atoms with van der Waals surface area (Å²) in [5, 5.41) is 15.4. The Labute approximate surface area is 211 Å². The Kier molecular flexibility index (Phi) is 4.56. The molecule has 0 bridgehead atoms. The van der Waals surface area contributed by atoms with Crippen molar-refractivity contribution < 1.29 is 23.8 Å². The number of hydrogen-bond donors (Lipinski definition) is 2. The topological polar surface area (TPSA) is 111 Å². The number of halogens is 1. The van der Waals surface area contributed by atoms with Gasteiger partial charge in [-0.25, -0.2) is 14.2 Å². The summed E-state index contributed by atoms with van der Waals surface area (Å²) >= 11 is 0. The molecule has 1 amide bonds. The predicted octanol–water partition coefficient (Wildman–Crippen LogP) is 3.04. The number of aromatic nitrogens is 2. The largest absolute Gasteiger partial charge is 0.458 e. The van der Waals surface area contributed by atoms with E-state index in [4.69, 9.17) is 9.72 Å². The first kappa shape index (κ1) is 22.6. The molecule has 2 aliphatic carbocycles. The zero-order chi connectivity index (χ0) is 25.8. The van der Waals surface area contributed by atoms with E-state index >= 15 is 0 Å². The molecule has 9 heteroatoms. The van der Waals surface area contributed by atoms with E-state index in [9.17, 15) is 23.9 Å². The van der Waals surface area contributed by atoms with Gasteiger partial charge in [0, 0.05) is 29.5 Å². The molecular weight excluding hydrogens is 477 g/mol. The molecule has 2 aromatic heterocycles. The lowest BCUT2D eigenvalue weighted by Gasteiger charge is -2.32. The first-order valence-corrected chi connectivity index (χ1v) is 12.8. The Morgan fingerprint density at radius 1 is 1.24 bits per heavy atom. The second-order valence-electron chi connectivity index (χ2n) is 10.9. The summed E-state index contributed by atoms with van der Waals surface area (Å²) in [7, 11) is 0. The van der Waals surface area contributed by atoms with Crippen LogP contribution in [0.5, 0.6) is 0 Å². The van der Waals surface area contributed by atoms with Crippen molar-refractivity contribution >= 4 is 22.8 Å². The van der Waals surface area contributed by atoms with Gasteiger partial charge >= 0.3 is 5.97 Å². The van der Waals surface area contributed by atoms with Gasteiger partial charge in [-0.15, -0.1) is 0 Å². The maximum absolute atomic E-state index is 14.9. The lowest BCUT2D eigenvalue weighted by atomic mass is 9.81. The van der Waals surface area contributed by atoms with E-state index in [1.54, 1.807) is 17.6 Å². The lowest BCUT2D eigenvalue weighted by Crippen LogP contribution is -2.45.